The third-order valence-electron chi connectivity index (χ3n) is 4.13. The fourth-order valence-electron chi connectivity index (χ4n) is 2.62. The Morgan fingerprint density at radius 1 is 0.818 bits per heavy atom. The van der Waals surface area contributed by atoms with Gasteiger partial charge >= 0.3 is 80.9 Å². The quantitative estimate of drug-likeness (QED) is 0.228. The normalized spacial score (nSPS) is 11.3. The maximum Gasteiger partial charge on any atom is 1.00 e. The Hall–Kier alpha value is 1.58. The molecule has 0 radical (unpaired) electrons. The standard InChI is InChI=1S/C16H30O4.K.Na/c1-5-6-7-8-9-10-11-12-16(13(17)18,14(19)20)15(2,3)4;;/h5-12H2,1-4H3,(H,17,18)(H,19,20);;/q;2*+1/p-2. The number of hydrogen-bond donors (Lipinski definition) is 0. The van der Waals surface area contributed by atoms with Gasteiger partial charge in [0.1, 0.15) is 0 Å². The molecule has 0 spiro atoms. The SMILES string of the molecule is CCCCCCCCCC(C(=O)[O-])(C(=O)[O-])C(C)(C)C.[K+].[Na+]. The minimum absolute atomic E-state index is 0. The fraction of sp³-hybridized carbons (Fsp3) is 0.875. The molecule has 0 aliphatic carbocycles. The van der Waals surface area contributed by atoms with Crippen LogP contribution >= 0.6 is 0 Å². The Balaban J connectivity index is -0.00000180. The molecule has 0 saturated heterocycles. The first kappa shape index (κ1) is 28.4. The van der Waals surface area contributed by atoms with Gasteiger partial charge in [0.15, 0.2) is 0 Å². The van der Waals surface area contributed by atoms with Crippen molar-refractivity contribution in [3.05, 3.63) is 0 Å². The largest absolute Gasteiger partial charge is 1.00 e. The summed E-state index contributed by atoms with van der Waals surface area (Å²) in [7, 11) is 0. The number of carbonyl (C=O) groups is 2. The molecule has 0 atom stereocenters. The van der Waals surface area contributed by atoms with E-state index in [1.165, 1.54) is 19.3 Å². The summed E-state index contributed by atoms with van der Waals surface area (Å²) in [5.74, 6) is -3.06. The Kier molecular flexibility index (Phi) is 17.8. The van der Waals surface area contributed by atoms with Crippen molar-refractivity contribution in [2.45, 2.75) is 79.1 Å². The van der Waals surface area contributed by atoms with E-state index in [1.54, 1.807) is 20.8 Å². The molecule has 6 heteroatoms. The first-order valence-corrected chi connectivity index (χ1v) is 7.63. The molecule has 0 N–H and O–H groups in total. The Morgan fingerprint density at radius 3 is 1.50 bits per heavy atom. The van der Waals surface area contributed by atoms with E-state index in [2.05, 4.69) is 6.92 Å². The Labute approximate surface area is 199 Å². The van der Waals surface area contributed by atoms with Gasteiger partial charge in [-0.15, -0.1) is 0 Å². The summed E-state index contributed by atoms with van der Waals surface area (Å²) < 4.78 is 0. The molecule has 118 valence electrons. The van der Waals surface area contributed by atoms with Crippen LogP contribution < -0.4 is 91.2 Å². The number of carbonyl (C=O) groups excluding carboxylic acids is 2. The number of aliphatic carboxylic acids is 2. The molecular formula is C16H28KNaO4. The topological polar surface area (TPSA) is 80.3 Å². The van der Waals surface area contributed by atoms with Gasteiger partial charge in [0.2, 0.25) is 0 Å². The minimum atomic E-state index is -1.91. The van der Waals surface area contributed by atoms with Crippen LogP contribution in [0.2, 0.25) is 0 Å². The third-order valence-corrected chi connectivity index (χ3v) is 4.13. The van der Waals surface area contributed by atoms with Gasteiger partial charge in [0.25, 0.3) is 0 Å². The van der Waals surface area contributed by atoms with Crippen molar-refractivity contribution in [3.8, 4) is 0 Å². The van der Waals surface area contributed by atoms with E-state index in [-0.39, 0.29) is 87.4 Å². The van der Waals surface area contributed by atoms with E-state index in [0.717, 1.165) is 19.3 Å². The molecular weight excluding hydrogens is 318 g/mol. The molecule has 0 rings (SSSR count). The first-order chi connectivity index (χ1) is 9.20. The molecule has 4 nitrogen and oxygen atoms in total. The Bertz CT molecular complexity index is 313. The molecule has 22 heavy (non-hydrogen) atoms. The molecule has 0 aromatic heterocycles. The van der Waals surface area contributed by atoms with Crippen LogP contribution in [0.15, 0.2) is 0 Å². The second-order valence-electron chi connectivity index (χ2n) is 6.60. The molecule has 0 aliphatic heterocycles. The molecule has 0 heterocycles. The monoisotopic (exact) mass is 346 g/mol. The molecule has 0 unspecified atom stereocenters. The van der Waals surface area contributed by atoms with Crippen LogP contribution in [0.4, 0.5) is 0 Å². The predicted molar refractivity (Wildman–Crippen MR) is 74.5 cm³/mol. The van der Waals surface area contributed by atoms with E-state index in [4.69, 9.17) is 0 Å². The van der Waals surface area contributed by atoms with Crippen LogP contribution in [0.5, 0.6) is 0 Å². The fourth-order valence-corrected chi connectivity index (χ4v) is 2.62. The molecule has 0 aliphatic rings. The van der Waals surface area contributed by atoms with Crippen LogP contribution in [0, 0.1) is 10.8 Å². The van der Waals surface area contributed by atoms with Crippen molar-refractivity contribution < 1.29 is 101 Å². The average molecular weight is 346 g/mol. The molecule has 0 fully saturated rings. The summed E-state index contributed by atoms with van der Waals surface area (Å²) in [6, 6.07) is 0. The molecule has 0 bridgehead atoms. The number of hydrogen-bond acceptors (Lipinski definition) is 4. The van der Waals surface area contributed by atoms with Crippen LogP contribution in [0.1, 0.15) is 79.1 Å². The first-order valence-electron chi connectivity index (χ1n) is 7.63. The average Bonchev–Trinajstić information content (AvgIpc) is 2.30. The van der Waals surface area contributed by atoms with Crippen molar-refractivity contribution in [1.82, 2.24) is 0 Å². The maximum atomic E-state index is 11.4. The zero-order valence-electron chi connectivity index (χ0n) is 15.3. The van der Waals surface area contributed by atoms with E-state index < -0.39 is 22.8 Å². The zero-order valence-corrected chi connectivity index (χ0v) is 20.4. The number of rotatable bonds is 10. The molecule has 0 saturated carbocycles. The zero-order chi connectivity index (χ0) is 15.8. The second-order valence-corrected chi connectivity index (χ2v) is 6.60. The van der Waals surface area contributed by atoms with E-state index >= 15 is 0 Å². The Morgan fingerprint density at radius 2 is 1.18 bits per heavy atom. The predicted octanol–water partition coefficient (Wildman–Crippen LogP) is -4.33. The van der Waals surface area contributed by atoms with Gasteiger partial charge in [-0.2, -0.15) is 0 Å². The van der Waals surface area contributed by atoms with Crippen molar-refractivity contribution in [2.24, 2.45) is 10.8 Å². The molecule has 0 aromatic rings. The molecule has 0 aromatic carbocycles. The minimum Gasteiger partial charge on any atom is -0.549 e. The smallest absolute Gasteiger partial charge is 0.549 e. The molecule has 0 amide bonds. The van der Waals surface area contributed by atoms with Crippen molar-refractivity contribution in [3.63, 3.8) is 0 Å². The third kappa shape index (κ3) is 8.61. The number of unbranched alkanes of at least 4 members (excludes halogenated alkanes) is 6. The van der Waals surface area contributed by atoms with Crippen molar-refractivity contribution in [1.29, 1.82) is 0 Å². The van der Waals surface area contributed by atoms with Crippen LogP contribution in [0.3, 0.4) is 0 Å². The summed E-state index contributed by atoms with van der Waals surface area (Å²) in [6.07, 6.45) is 7.21. The number of carboxylic acid groups (broad SMARTS) is 2. The van der Waals surface area contributed by atoms with Crippen LogP contribution in [-0.2, 0) is 9.59 Å². The van der Waals surface area contributed by atoms with Gasteiger partial charge in [-0.1, -0.05) is 72.6 Å². The van der Waals surface area contributed by atoms with E-state index in [9.17, 15) is 19.8 Å². The summed E-state index contributed by atoms with van der Waals surface area (Å²) in [6.45, 7) is 6.98. The summed E-state index contributed by atoms with van der Waals surface area (Å²) >= 11 is 0. The van der Waals surface area contributed by atoms with Crippen molar-refractivity contribution >= 4 is 11.9 Å². The van der Waals surface area contributed by atoms with Crippen LogP contribution in [0.25, 0.3) is 0 Å². The van der Waals surface area contributed by atoms with Gasteiger partial charge in [-0.05, 0) is 11.8 Å². The summed E-state index contributed by atoms with van der Waals surface area (Å²) in [5, 5.41) is 22.8. The van der Waals surface area contributed by atoms with E-state index in [1.807, 2.05) is 0 Å². The van der Waals surface area contributed by atoms with Gasteiger partial charge in [-0.25, -0.2) is 0 Å². The second kappa shape index (κ2) is 13.8. The maximum absolute atomic E-state index is 11.4. The van der Waals surface area contributed by atoms with Gasteiger partial charge in [-0.3, -0.25) is 0 Å². The number of carboxylic acids is 2. The van der Waals surface area contributed by atoms with Gasteiger partial charge in [0.05, 0.1) is 17.4 Å². The summed E-state index contributed by atoms with van der Waals surface area (Å²) in [4.78, 5) is 22.8. The van der Waals surface area contributed by atoms with Crippen LogP contribution in [-0.4, -0.2) is 11.9 Å². The van der Waals surface area contributed by atoms with E-state index in [0.29, 0.717) is 6.42 Å². The summed E-state index contributed by atoms with van der Waals surface area (Å²) in [5.41, 5.74) is -2.83. The van der Waals surface area contributed by atoms with Gasteiger partial charge in [0, 0.05) is 0 Å². The van der Waals surface area contributed by atoms with Crippen molar-refractivity contribution in [2.75, 3.05) is 0 Å². The van der Waals surface area contributed by atoms with Gasteiger partial charge < -0.3 is 19.8 Å².